The molecule has 270 valence electrons. The van der Waals surface area contributed by atoms with Crippen LogP contribution in [0.5, 0.6) is 17.2 Å². The molecule has 0 saturated heterocycles. The number of H-pyrrole nitrogens is 1. The molecule has 0 atom stereocenters. The molecular formula is C32H25CrN8O11S+. The van der Waals surface area contributed by atoms with E-state index in [0.717, 1.165) is 46.5 Å². The van der Waals surface area contributed by atoms with Crippen LogP contribution in [0.4, 0.5) is 34.1 Å². The molecule has 1 aromatic heterocycles. The predicted octanol–water partition coefficient (Wildman–Crippen LogP) is 6.92. The van der Waals surface area contributed by atoms with Crippen LogP contribution in [0.15, 0.2) is 127 Å². The fraction of sp³-hybridized carbons (Fsp3) is 0.0312. The Labute approximate surface area is 311 Å². The number of aryl methyl sites for hydroxylation is 1. The number of nitrogens with zero attached hydrogens (tertiary/aromatic N) is 7. The van der Waals surface area contributed by atoms with Gasteiger partial charge in [0, 0.05) is 40.9 Å². The minimum absolute atomic E-state index is 0. The molecule has 0 aliphatic rings. The Bertz CT molecular complexity index is 2600. The number of nitro groups is 2. The molecule has 19 nitrogen and oxygen atoms in total. The van der Waals surface area contributed by atoms with Crippen LogP contribution in [0.25, 0.3) is 16.5 Å². The number of non-ortho nitro benzene ring substituents is 2. The van der Waals surface area contributed by atoms with E-state index >= 15 is 0 Å². The van der Waals surface area contributed by atoms with Gasteiger partial charge in [0.05, 0.1) is 37.9 Å². The number of phenolic OH excluding ortho intramolecular Hbond substituents is 2. The Morgan fingerprint density at radius 3 is 1.94 bits per heavy atom. The van der Waals surface area contributed by atoms with Gasteiger partial charge in [-0.25, -0.2) is 4.68 Å². The van der Waals surface area contributed by atoms with Crippen LogP contribution < -0.4 is 10.7 Å². The van der Waals surface area contributed by atoms with Crippen LogP contribution in [-0.2, 0) is 27.5 Å². The molecular weight excluding hydrogens is 756 g/mol. The molecule has 0 spiro atoms. The summed E-state index contributed by atoms with van der Waals surface area (Å²) in [6.45, 7) is 1.53. The zero-order valence-corrected chi connectivity index (χ0v) is 28.9. The Kier molecular flexibility index (Phi) is 11.8. The molecule has 0 aliphatic carbocycles. The van der Waals surface area contributed by atoms with Gasteiger partial charge >= 0.3 is 2.85 Å². The van der Waals surface area contributed by atoms with Crippen molar-refractivity contribution in [1.82, 2.24) is 9.78 Å². The van der Waals surface area contributed by atoms with E-state index in [1.165, 1.54) is 37.3 Å². The van der Waals surface area contributed by atoms with E-state index in [2.05, 4.69) is 25.6 Å². The van der Waals surface area contributed by atoms with Crippen LogP contribution in [-0.4, -0.2) is 42.8 Å². The van der Waals surface area contributed by atoms with Crippen molar-refractivity contribution in [1.29, 1.82) is 0 Å². The molecule has 4 N–H and O–H groups in total. The fourth-order valence-electron chi connectivity index (χ4n) is 4.57. The van der Waals surface area contributed by atoms with Gasteiger partial charge in [-0.15, -0.1) is 15.3 Å². The molecule has 21 heteroatoms. The van der Waals surface area contributed by atoms with E-state index in [0.29, 0.717) is 11.1 Å². The van der Waals surface area contributed by atoms with Crippen LogP contribution in [0.2, 0.25) is 0 Å². The Balaban J connectivity index is 0.000000368. The molecule has 0 bridgehead atoms. The maximum Gasteiger partial charge on any atom is 1.00 e. The van der Waals surface area contributed by atoms with Crippen LogP contribution in [0.3, 0.4) is 0 Å². The van der Waals surface area contributed by atoms with Crippen molar-refractivity contribution in [3.05, 3.63) is 133 Å². The maximum absolute atomic E-state index is 12.6. The normalized spacial score (nSPS) is 11.3. The number of aromatic nitrogens is 2. The first-order valence-electron chi connectivity index (χ1n) is 14.5. The number of hydrogen-bond donors (Lipinski definition) is 4. The third-order valence-electron chi connectivity index (χ3n) is 7.15. The van der Waals surface area contributed by atoms with E-state index in [-0.39, 0.29) is 76.4 Å². The van der Waals surface area contributed by atoms with Crippen molar-refractivity contribution in [2.24, 2.45) is 20.5 Å². The number of benzene rings is 5. The van der Waals surface area contributed by atoms with E-state index in [9.17, 15) is 48.8 Å². The summed E-state index contributed by atoms with van der Waals surface area (Å²) in [5.41, 5.74) is -0.624. The number of nitrogens with one attached hydrogen (secondary N) is 1. The SMILES string of the molecule is Cc1[nH]n(-c2ccc(S(=O)(=O)O)cc2)c(=O)c1N=Nc1ccc([N+](=O)[O-])cc1[O-].O=[N+]([O-])c1ccc(N=Nc2c(O)ccc3ccccc23)c(O)c1.[Cr].[H+].[H+]. The Hall–Kier alpha value is -6.79. The molecule has 6 aromatic rings. The third kappa shape index (κ3) is 8.93. The molecule has 0 fully saturated rings. The summed E-state index contributed by atoms with van der Waals surface area (Å²) in [7, 11) is -4.37. The number of fused-ring (bicyclic) bond motifs is 1. The standard InChI is InChI=1S/C16H13N5O7S.C16H11N3O4.Cr/c1-9-15(18-17-13-7-4-11(21(24)25)8-14(13)22)16(23)20(19-9)10-2-5-12(6-3-10)29(26,27)28;20-14-8-5-10-3-1-2-4-12(10)16(14)18-17-13-7-6-11(19(22)23)9-15(13)21;/h2-8,19,22H,1H3,(H,26,27,28);1-9,20-21H;/p+1. The topological polar surface area (TPSA) is 291 Å². The van der Waals surface area contributed by atoms with Crippen molar-refractivity contribution in [2.45, 2.75) is 11.8 Å². The molecule has 1 heterocycles. The fourth-order valence-corrected chi connectivity index (χ4v) is 5.05. The van der Waals surface area contributed by atoms with E-state index in [4.69, 9.17) is 4.55 Å². The number of azo groups is 2. The number of rotatable bonds is 8. The molecule has 6 rings (SSSR count). The summed E-state index contributed by atoms with van der Waals surface area (Å²) in [5.74, 6) is -1.13. The molecule has 0 radical (unpaired) electrons. The van der Waals surface area contributed by atoms with Crippen molar-refractivity contribution in [2.75, 3.05) is 0 Å². The van der Waals surface area contributed by atoms with Gasteiger partial charge < -0.3 is 15.3 Å². The average molecular weight is 782 g/mol. The van der Waals surface area contributed by atoms with Gasteiger partial charge in [-0.2, -0.15) is 13.5 Å². The first kappa shape index (κ1) is 39.0. The minimum atomic E-state index is -4.37. The van der Waals surface area contributed by atoms with E-state index < -0.39 is 31.3 Å². The van der Waals surface area contributed by atoms with Crippen molar-refractivity contribution >= 4 is 55.0 Å². The van der Waals surface area contributed by atoms with Crippen LogP contribution in [0.1, 0.15) is 8.55 Å². The smallest absolute Gasteiger partial charge is 0.871 e. The minimum Gasteiger partial charge on any atom is -0.871 e. The first-order valence-corrected chi connectivity index (χ1v) is 15.9. The largest absolute Gasteiger partial charge is 1.00 e. The monoisotopic (exact) mass is 781 g/mol. The Morgan fingerprint density at radius 1 is 0.755 bits per heavy atom. The van der Waals surface area contributed by atoms with Crippen molar-refractivity contribution in [3.8, 4) is 22.9 Å². The van der Waals surface area contributed by atoms with Gasteiger partial charge in [0.25, 0.3) is 27.1 Å². The zero-order chi connectivity index (χ0) is 37.7. The Morgan fingerprint density at radius 2 is 1.34 bits per heavy atom. The molecule has 0 unspecified atom stereocenters. The molecule has 0 aliphatic heterocycles. The quantitative estimate of drug-likeness (QED) is 0.0532. The molecule has 5 aromatic carbocycles. The van der Waals surface area contributed by atoms with Crippen LogP contribution >= 0.6 is 0 Å². The number of nitro benzene ring substituents is 2. The summed E-state index contributed by atoms with van der Waals surface area (Å²) in [4.78, 5) is 32.2. The van der Waals surface area contributed by atoms with Gasteiger partial charge in [-0.05, 0) is 54.8 Å². The van der Waals surface area contributed by atoms with Gasteiger partial charge in [-0.3, -0.25) is 34.7 Å². The second-order valence-corrected chi connectivity index (χ2v) is 12.0. The summed E-state index contributed by atoms with van der Waals surface area (Å²) < 4.78 is 32.3. The summed E-state index contributed by atoms with van der Waals surface area (Å²) in [5, 5.41) is 72.6. The van der Waals surface area contributed by atoms with Crippen molar-refractivity contribution < 1.29 is 58.4 Å². The average Bonchev–Trinajstić information content (AvgIpc) is 3.39. The zero-order valence-electron chi connectivity index (χ0n) is 28.8. The third-order valence-corrected chi connectivity index (χ3v) is 8.02. The van der Waals surface area contributed by atoms with Gasteiger partial charge in [0.1, 0.15) is 22.9 Å². The second-order valence-electron chi connectivity index (χ2n) is 10.6. The van der Waals surface area contributed by atoms with Crippen molar-refractivity contribution in [3.63, 3.8) is 0 Å². The predicted molar refractivity (Wildman–Crippen MR) is 184 cm³/mol. The number of aromatic hydroxyl groups is 2. The number of aromatic amines is 1. The molecule has 53 heavy (non-hydrogen) atoms. The summed E-state index contributed by atoms with van der Waals surface area (Å²) >= 11 is 0. The molecule has 0 amide bonds. The van der Waals surface area contributed by atoms with Gasteiger partial charge in [0.2, 0.25) is 0 Å². The van der Waals surface area contributed by atoms with Gasteiger partial charge in [-0.1, -0.05) is 36.1 Å². The van der Waals surface area contributed by atoms with Gasteiger partial charge in [0.15, 0.2) is 5.69 Å². The summed E-state index contributed by atoms with van der Waals surface area (Å²) in [6, 6.07) is 22.0. The summed E-state index contributed by atoms with van der Waals surface area (Å²) in [6.07, 6.45) is 0. The first-order chi connectivity index (χ1) is 24.6. The van der Waals surface area contributed by atoms with E-state index in [1.54, 1.807) is 12.1 Å². The molecule has 0 saturated carbocycles. The number of hydrogen-bond acceptors (Lipinski definition) is 14. The van der Waals surface area contributed by atoms with Crippen LogP contribution in [0, 0.1) is 27.2 Å². The van der Waals surface area contributed by atoms with E-state index in [1.807, 2.05) is 18.2 Å². The second kappa shape index (κ2) is 16.0. The number of phenols is 2. The maximum atomic E-state index is 12.6.